The summed E-state index contributed by atoms with van der Waals surface area (Å²) in [5, 5.41) is 6.25. The molecule has 0 unspecified atom stereocenters. The lowest BCUT2D eigenvalue weighted by atomic mass is 10.2. The molecule has 0 bridgehead atoms. The van der Waals surface area contributed by atoms with Gasteiger partial charge in [0, 0.05) is 45.2 Å². The maximum atomic E-state index is 11.8. The van der Waals surface area contributed by atoms with Crippen molar-refractivity contribution in [2.24, 2.45) is 4.99 Å². The molecule has 2 rings (SSSR count). The second kappa shape index (κ2) is 10.6. The molecular weight excluding hydrogens is 342 g/mol. The van der Waals surface area contributed by atoms with Gasteiger partial charge < -0.3 is 25.2 Å². The fourth-order valence-corrected chi connectivity index (χ4v) is 3.13. The van der Waals surface area contributed by atoms with Gasteiger partial charge in [-0.05, 0) is 32.9 Å². The molecule has 1 saturated heterocycles. The molecule has 1 aromatic carbocycles. The summed E-state index contributed by atoms with van der Waals surface area (Å²) in [6.07, 6.45) is 0.411. The molecule has 0 atom stereocenters. The van der Waals surface area contributed by atoms with E-state index in [1.54, 1.807) is 7.11 Å². The van der Waals surface area contributed by atoms with Crippen molar-refractivity contribution >= 4 is 17.6 Å². The van der Waals surface area contributed by atoms with E-state index in [1.165, 1.54) is 0 Å². The van der Waals surface area contributed by atoms with Gasteiger partial charge in [0.05, 0.1) is 19.3 Å². The number of anilines is 1. The third-order valence-electron chi connectivity index (χ3n) is 4.39. The number of piperazine rings is 1. The summed E-state index contributed by atoms with van der Waals surface area (Å²) in [7, 11) is 1.71. The smallest absolute Gasteiger partial charge is 0.222 e. The molecule has 1 heterocycles. The molecule has 1 aliphatic rings. The van der Waals surface area contributed by atoms with Gasteiger partial charge >= 0.3 is 0 Å². The number of aliphatic imine (C=N–C) groups is 1. The van der Waals surface area contributed by atoms with Crippen molar-refractivity contribution in [3.63, 3.8) is 0 Å². The zero-order valence-electron chi connectivity index (χ0n) is 17.0. The molecule has 27 heavy (non-hydrogen) atoms. The first kappa shape index (κ1) is 20.9. The van der Waals surface area contributed by atoms with Gasteiger partial charge in [-0.2, -0.15) is 0 Å². The second-order valence-corrected chi connectivity index (χ2v) is 6.85. The lowest BCUT2D eigenvalue weighted by molar-refractivity contribution is -0.121. The lowest BCUT2D eigenvalue weighted by Gasteiger charge is -2.38. The number of nitrogens with one attached hydrogen (secondary N) is 2. The third kappa shape index (κ3) is 6.34. The lowest BCUT2D eigenvalue weighted by Crippen LogP contribution is -2.52. The quantitative estimate of drug-likeness (QED) is 0.561. The molecule has 0 aliphatic carbocycles. The Hall–Kier alpha value is -2.44. The first-order chi connectivity index (χ1) is 13.0. The summed E-state index contributed by atoms with van der Waals surface area (Å²) in [4.78, 5) is 21.0. The zero-order chi connectivity index (χ0) is 19.6. The van der Waals surface area contributed by atoms with Gasteiger partial charge in [0.1, 0.15) is 5.75 Å². The molecule has 7 nitrogen and oxygen atoms in total. The van der Waals surface area contributed by atoms with E-state index in [0.29, 0.717) is 13.0 Å². The van der Waals surface area contributed by atoms with Gasteiger partial charge in [-0.25, -0.2) is 0 Å². The van der Waals surface area contributed by atoms with Crippen molar-refractivity contribution in [1.29, 1.82) is 0 Å². The molecule has 2 N–H and O–H groups in total. The highest BCUT2D eigenvalue weighted by Crippen LogP contribution is 2.28. The average molecular weight is 376 g/mol. The molecule has 0 spiro atoms. The van der Waals surface area contributed by atoms with E-state index in [-0.39, 0.29) is 11.9 Å². The number of methoxy groups -OCH3 is 1. The number of hydrogen-bond acceptors (Lipinski definition) is 4. The number of carbonyl (C=O) groups excluding carboxylic acids is 1. The van der Waals surface area contributed by atoms with Crippen LogP contribution < -0.4 is 20.3 Å². The van der Waals surface area contributed by atoms with Crippen molar-refractivity contribution in [2.45, 2.75) is 33.2 Å². The van der Waals surface area contributed by atoms with Crippen LogP contribution in [0.4, 0.5) is 5.69 Å². The van der Waals surface area contributed by atoms with E-state index in [0.717, 1.165) is 50.1 Å². The highest BCUT2D eigenvalue weighted by molar-refractivity contribution is 5.81. The van der Waals surface area contributed by atoms with Crippen molar-refractivity contribution in [3.05, 3.63) is 24.3 Å². The van der Waals surface area contributed by atoms with Gasteiger partial charge in [0.15, 0.2) is 5.96 Å². The molecule has 0 aromatic heterocycles. The van der Waals surface area contributed by atoms with Crippen LogP contribution in [0.3, 0.4) is 0 Å². The van der Waals surface area contributed by atoms with Gasteiger partial charge in [-0.1, -0.05) is 12.1 Å². The number of para-hydroxylation sites is 2. The Morgan fingerprint density at radius 2 is 1.93 bits per heavy atom. The molecule has 7 heteroatoms. The van der Waals surface area contributed by atoms with E-state index < -0.39 is 0 Å². The summed E-state index contributed by atoms with van der Waals surface area (Å²) in [5.41, 5.74) is 1.13. The topological polar surface area (TPSA) is 69.2 Å². The number of nitrogens with zero attached hydrogens (tertiary/aromatic N) is 3. The van der Waals surface area contributed by atoms with E-state index in [9.17, 15) is 4.79 Å². The minimum absolute atomic E-state index is 0.0468. The zero-order valence-corrected chi connectivity index (χ0v) is 17.0. The summed E-state index contributed by atoms with van der Waals surface area (Å²) in [5.74, 6) is 1.84. The predicted octanol–water partition coefficient (Wildman–Crippen LogP) is 1.70. The molecule has 1 fully saturated rings. The van der Waals surface area contributed by atoms with Crippen molar-refractivity contribution in [2.75, 3.05) is 51.3 Å². The largest absolute Gasteiger partial charge is 0.495 e. The predicted molar refractivity (Wildman–Crippen MR) is 111 cm³/mol. The minimum Gasteiger partial charge on any atom is -0.495 e. The number of hydrogen-bond donors (Lipinski definition) is 2. The van der Waals surface area contributed by atoms with E-state index >= 15 is 0 Å². The molecule has 150 valence electrons. The third-order valence-corrected chi connectivity index (χ3v) is 4.39. The van der Waals surface area contributed by atoms with Crippen LogP contribution in [0.15, 0.2) is 29.3 Å². The van der Waals surface area contributed by atoms with Crippen LogP contribution in [-0.4, -0.2) is 69.2 Å². The van der Waals surface area contributed by atoms with Crippen LogP contribution in [0.25, 0.3) is 0 Å². The van der Waals surface area contributed by atoms with E-state index in [1.807, 2.05) is 32.0 Å². The highest BCUT2D eigenvalue weighted by atomic mass is 16.5. The van der Waals surface area contributed by atoms with Gasteiger partial charge in [0.2, 0.25) is 5.91 Å². The number of carbonyl (C=O) groups is 1. The Morgan fingerprint density at radius 1 is 1.22 bits per heavy atom. The number of benzene rings is 1. The minimum atomic E-state index is 0.0468. The van der Waals surface area contributed by atoms with E-state index in [2.05, 4.69) is 38.4 Å². The Balaban J connectivity index is 1.92. The van der Waals surface area contributed by atoms with Gasteiger partial charge in [-0.15, -0.1) is 0 Å². The maximum Gasteiger partial charge on any atom is 0.222 e. The van der Waals surface area contributed by atoms with Crippen LogP contribution in [0.5, 0.6) is 5.75 Å². The molecular formula is C20H33N5O2. The van der Waals surface area contributed by atoms with Crippen LogP contribution in [0.1, 0.15) is 27.2 Å². The Bertz CT molecular complexity index is 625. The number of ether oxygens (including phenoxy) is 1. The number of guanidine groups is 1. The summed E-state index contributed by atoms with van der Waals surface area (Å²) < 4.78 is 5.49. The fraction of sp³-hybridized carbons (Fsp3) is 0.600. The Kier molecular flexibility index (Phi) is 8.23. The molecule has 0 radical (unpaired) electrons. The van der Waals surface area contributed by atoms with Gasteiger partial charge in [0.25, 0.3) is 0 Å². The highest BCUT2D eigenvalue weighted by Gasteiger charge is 2.21. The Morgan fingerprint density at radius 3 is 2.56 bits per heavy atom. The normalized spacial score (nSPS) is 15.1. The molecule has 1 amide bonds. The fourth-order valence-electron chi connectivity index (χ4n) is 3.13. The summed E-state index contributed by atoms with van der Waals surface area (Å²) in [6.45, 7) is 10.9. The summed E-state index contributed by atoms with van der Waals surface area (Å²) >= 11 is 0. The SMILES string of the molecule is CCNC(=NCCC(=O)NC(C)C)N1CCN(c2ccccc2OC)CC1. The van der Waals surface area contributed by atoms with Gasteiger partial charge in [-0.3, -0.25) is 9.79 Å². The van der Waals surface area contributed by atoms with Crippen LogP contribution in [0, 0.1) is 0 Å². The first-order valence-electron chi connectivity index (χ1n) is 9.75. The number of rotatable bonds is 7. The second-order valence-electron chi connectivity index (χ2n) is 6.85. The van der Waals surface area contributed by atoms with Crippen LogP contribution >= 0.6 is 0 Å². The average Bonchev–Trinajstić information content (AvgIpc) is 2.67. The Labute approximate surface area is 162 Å². The molecule has 1 aromatic rings. The standard InChI is InChI=1S/C20H33N5O2/c1-5-21-20(22-11-10-19(26)23-16(2)3)25-14-12-24(13-15-25)17-8-6-7-9-18(17)27-4/h6-9,16H,5,10-15H2,1-4H3,(H,21,22)(H,23,26). The van der Waals surface area contributed by atoms with E-state index in [4.69, 9.17) is 4.74 Å². The maximum absolute atomic E-state index is 11.8. The monoisotopic (exact) mass is 375 g/mol. The van der Waals surface area contributed by atoms with Crippen LogP contribution in [-0.2, 0) is 4.79 Å². The van der Waals surface area contributed by atoms with Crippen molar-refractivity contribution in [1.82, 2.24) is 15.5 Å². The van der Waals surface area contributed by atoms with Crippen molar-refractivity contribution < 1.29 is 9.53 Å². The van der Waals surface area contributed by atoms with Crippen LogP contribution in [0.2, 0.25) is 0 Å². The number of amides is 1. The summed E-state index contributed by atoms with van der Waals surface area (Å²) in [6, 6.07) is 8.29. The molecule has 0 saturated carbocycles. The molecule has 1 aliphatic heterocycles. The van der Waals surface area contributed by atoms with Crippen molar-refractivity contribution in [3.8, 4) is 5.75 Å². The first-order valence-corrected chi connectivity index (χ1v) is 9.75.